The van der Waals surface area contributed by atoms with E-state index in [0.29, 0.717) is 19.8 Å². The third-order valence-electron chi connectivity index (χ3n) is 6.01. The Labute approximate surface area is 206 Å². The maximum Gasteiger partial charge on any atom is 0.186 e. The van der Waals surface area contributed by atoms with E-state index in [1.807, 2.05) is 91.0 Å². The van der Waals surface area contributed by atoms with E-state index >= 15 is 0 Å². The largest absolute Gasteiger partial charge is 0.368 e. The molecule has 1 heterocycles. The minimum Gasteiger partial charge on any atom is -0.368 e. The van der Waals surface area contributed by atoms with Gasteiger partial charge in [0.05, 0.1) is 25.9 Å². The zero-order chi connectivity index (χ0) is 24.3. The van der Waals surface area contributed by atoms with Gasteiger partial charge < -0.3 is 28.5 Å². The van der Waals surface area contributed by atoms with Crippen LogP contribution in [-0.2, 0) is 48.3 Å². The Morgan fingerprint density at radius 2 is 1.09 bits per heavy atom. The molecule has 0 spiro atoms. The number of rotatable bonds is 12. The van der Waals surface area contributed by atoms with Crippen LogP contribution in [0.5, 0.6) is 0 Å². The van der Waals surface area contributed by atoms with Crippen LogP contribution in [0.25, 0.3) is 0 Å². The van der Waals surface area contributed by atoms with Crippen LogP contribution in [0.1, 0.15) is 23.1 Å². The van der Waals surface area contributed by atoms with Crippen molar-refractivity contribution in [3.05, 3.63) is 108 Å². The second kappa shape index (κ2) is 13.3. The molecule has 184 valence electrons. The van der Waals surface area contributed by atoms with Gasteiger partial charge in [-0.1, -0.05) is 91.0 Å². The molecule has 0 amide bonds. The first kappa shape index (κ1) is 25.2. The predicted octanol–water partition coefficient (Wildman–Crippen LogP) is 4.70. The summed E-state index contributed by atoms with van der Waals surface area (Å²) in [5.41, 5.74) is 3.08. The molecule has 1 fully saturated rings. The number of hydrogen-bond donors (Lipinski definition) is 0. The first-order chi connectivity index (χ1) is 17.3. The quantitative estimate of drug-likeness (QED) is 0.353. The molecule has 6 heteroatoms. The smallest absolute Gasteiger partial charge is 0.186 e. The lowest BCUT2D eigenvalue weighted by Gasteiger charge is -2.45. The molecule has 0 radical (unpaired) electrons. The average molecular weight is 477 g/mol. The van der Waals surface area contributed by atoms with Gasteiger partial charge >= 0.3 is 0 Å². The van der Waals surface area contributed by atoms with Crippen molar-refractivity contribution < 1.29 is 28.5 Å². The maximum atomic E-state index is 11.5. The van der Waals surface area contributed by atoms with E-state index in [-0.39, 0.29) is 6.42 Å². The molecule has 35 heavy (non-hydrogen) atoms. The molecule has 6 nitrogen and oxygen atoms in total. The zero-order valence-electron chi connectivity index (χ0n) is 19.9. The SMILES string of the molecule is CO[C@H]1O[C@H](CC=O)[C@@H](OCc2ccccc2)[C@H](OCc2ccccc2)[C@H]1OCc1ccccc1. The fraction of sp³-hybridized carbons (Fsp3) is 0.345. The van der Waals surface area contributed by atoms with E-state index in [9.17, 15) is 4.79 Å². The molecule has 0 aromatic heterocycles. The first-order valence-corrected chi connectivity index (χ1v) is 11.9. The van der Waals surface area contributed by atoms with E-state index < -0.39 is 30.7 Å². The van der Waals surface area contributed by atoms with Crippen LogP contribution in [0.3, 0.4) is 0 Å². The number of benzene rings is 3. The summed E-state index contributed by atoms with van der Waals surface area (Å²) in [6.45, 7) is 1.09. The summed E-state index contributed by atoms with van der Waals surface area (Å²) in [5, 5.41) is 0. The van der Waals surface area contributed by atoms with Gasteiger partial charge in [-0.25, -0.2) is 0 Å². The highest BCUT2D eigenvalue weighted by Crippen LogP contribution is 2.31. The molecule has 5 atom stereocenters. The Balaban J connectivity index is 1.58. The van der Waals surface area contributed by atoms with Crippen LogP contribution in [0.4, 0.5) is 0 Å². The Morgan fingerprint density at radius 1 is 0.657 bits per heavy atom. The summed E-state index contributed by atoms with van der Waals surface area (Å²) < 4.78 is 31.0. The van der Waals surface area contributed by atoms with E-state index in [2.05, 4.69) is 0 Å². The molecule has 0 bridgehead atoms. The third kappa shape index (κ3) is 7.07. The molecule has 1 aliphatic rings. The Bertz CT molecular complexity index is 997. The topological polar surface area (TPSA) is 63.2 Å². The maximum absolute atomic E-state index is 11.5. The van der Waals surface area contributed by atoms with E-state index in [4.69, 9.17) is 23.7 Å². The van der Waals surface area contributed by atoms with Crippen LogP contribution < -0.4 is 0 Å². The van der Waals surface area contributed by atoms with Crippen LogP contribution in [-0.4, -0.2) is 44.1 Å². The van der Waals surface area contributed by atoms with Crippen LogP contribution in [0.15, 0.2) is 91.0 Å². The average Bonchev–Trinajstić information content (AvgIpc) is 2.92. The van der Waals surface area contributed by atoms with Crippen LogP contribution >= 0.6 is 0 Å². The fourth-order valence-corrected chi connectivity index (χ4v) is 4.22. The van der Waals surface area contributed by atoms with Crippen molar-refractivity contribution >= 4 is 6.29 Å². The highest BCUT2D eigenvalue weighted by molar-refractivity contribution is 5.50. The lowest BCUT2D eigenvalue weighted by Crippen LogP contribution is -2.60. The van der Waals surface area contributed by atoms with E-state index in [1.54, 1.807) is 7.11 Å². The lowest BCUT2D eigenvalue weighted by atomic mass is 9.96. The fourth-order valence-electron chi connectivity index (χ4n) is 4.22. The van der Waals surface area contributed by atoms with Gasteiger partial charge in [0, 0.05) is 13.5 Å². The highest BCUT2D eigenvalue weighted by Gasteiger charge is 2.48. The summed E-state index contributed by atoms with van der Waals surface area (Å²) in [6, 6.07) is 29.8. The van der Waals surface area contributed by atoms with Gasteiger partial charge in [0.1, 0.15) is 24.6 Å². The lowest BCUT2D eigenvalue weighted by molar-refractivity contribution is -0.317. The van der Waals surface area contributed by atoms with Crippen molar-refractivity contribution in [3.8, 4) is 0 Å². The van der Waals surface area contributed by atoms with E-state index in [0.717, 1.165) is 23.0 Å². The number of hydrogen-bond acceptors (Lipinski definition) is 6. The van der Waals surface area contributed by atoms with Crippen LogP contribution in [0, 0.1) is 0 Å². The molecule has 3 aromatic carbocycles. The van der Waals surface area contributed by atoms with Gasteiger partial charge in [0.15, 0.2) is 6.29 Å². The van der Waals surface area contributed by atoms with Crippen molar-refractivity contribution in [1.29, 1.82) is 0 Å². The molecule has 3 aromatic rings. The predicted molar refractivity (Wildman–Crippen MR) is 131 cm³/mol. The number of aldehydes is 1. The molecule has 0 aliphatic carbocycles. The van der Waals surface area contributed by atoms with Gasteiger partial charge in [-0.15, -0.1) is 0 Å². The van der Waals surface area contributed by atoms with Crippen LogP contribution in [0.2, 0.25) is 0 Å². The standard InChI is InChI=1S/C29H32O6/c1-31-29-28(34-21-24-15-9-4-10-16-24)27(33-20-23-13-7-3-8-14-23)26(25(35-29)17-18-30)32-19-22-11-5-2-6-12-22/h2-16,18,25-29H,17,19-21H2,1H3/t25-,26-,27+,28-,29+/m1/s1. The third-order valence-corrected chi connectivity index (χ3v) is 6.01. The van der Waals surface area contributed by atoms with E-state index in [1.165, 1.54) is 0 Å². The number of carbonyl (C=O) groups excluding carboxylic acids is 1. The van der Waals surface area contributed by atoms with Crippen molar-refractivity contribution in [2.45, 2.75) is 56.9 Å². The summed E-state index contributed by atoms with van der Waals surface area (Å²) >= 11 is 0. The Hall–Kier alpha value is -2.87. The minimum absolute atomic E-state index is 0.163. The van der Waals surface area contributed by atoms with Gasteiger partial charge in [-0.05, 0) is 16.7 Å². The summed E-state index contributed by atoms with van der Waals surface area (Å²) in [7, 11) is 1.57. The van der Waals surface area contributed by atoms with Gasteiger partial charge in [0.25, 0.3) is 0 Å². The molecule has 0 N–H and O–H groups in total. The molecular weight excluding hydrogens is 444 g/mol. The van der Waals surface area contributed by atoms with Crippen molar-refractivity contribution in [2.75, 3.05) is 7.11 Å². The number of ether oxygens (including phenoxy) is 5. The number of carbonyl (C=O) groups is 1. The second-order valence-electron chi connectivity index (χ2n) is 8.46. The summed E-state index contributed by atoms with van der Waals surface area (Å²) in [4.78, 5) is 11.5. The molecule has 1 aliphatic heterocycles. The normalized spacial score (nSPS) is 24.2. The number of methoxy groups -OCH3 is 1. The molecule has 4 rings (SSSR count). The van der Waals surface area contributed by atoms with Crippen molar-refractivity contribution in [3.63, 3.8) is 0 Å². The van der Waals surface area contributed by atoms with Gasteiger partial charge in [-0.2, -0.15) is 0 Å². The van der Waals surface area contributed by atoms with Crippen molar-refractivity contribution in [1.82, 2.24) is 0 Å². The minimum atomic E-state index is -0.707. The van der Waals surface area contributed by atoms with Crippen molar-refractivity contribution in [2.24, 2.45) is 0 Å². The first-order valence-electron chi connectivity index (χ1n) is 11.9. The molecule has 0 saturated carbocycles. The Kier molecular flexibility index (Phi) is 9.57. The second-order valence-corrected chi connectivity index (χ2v) is 8.46. The molecule has 1 saturated heterocycles. The summed E-state index contributed by atoms with van der Waals surface area (Å²) in [6.07, 6.45) is -1.85. The van der Waals surface area contributed by atoms with Gasteiger partial charge in [-0.3, -0.25) is 0 Å². The molecular formula is C29H32O6. The summed E-state index contributed by atoms with van der Waals surface area (Å²) in [5.74, 6) is 0. The monoisotopic (exact) mass is 476 g/mol. The molecule has 0 unspecified atom stereocenters. The zero-order valence-corrected chi connectivity index (χ0v) is 19.9. The Morgan fingerprint density at radius 3 is 1.51 bits per heavy atom. The highest BCUT2D eigenvalue weighted by atomic mass is 16.7. The van der Waals surface area contributed by atoms with Gasteiger partial charge in [0.2, 0.25) is 0 Å².